The highest BCUT2D eigenvalue weighted by molar-refractivity contribution is 5.73. The molecule has 211 valence electrons. The van der Waals surface area contributed by atoms with Gasteiger partial charge in [0, 0.05) is 11.6 Å². The maximum atomic E-state index is 15.4. The molecule has 0 bridgehead atoms. The van der Waals surface area contributed by atoms with Crippen molar-refractivity contribution in [2.24, 2.45) is 0 Å². The van der Waals surface area contributed by atoms with Crippen LogP contribution in [-0.2, 0) is 24.1 Å². The average Bonchev–Trinajstić information content (AvgIpc) is 2.88. The van der Waals surface area contributed by atoms with E-state index >= 15 is 13.2 Å². The van der Waals surface area contributed by atoms with Crippen molar-refractivity contribution in [3.63, 3.8) is 0 Å². The molecule has 0 aliphatic carbocycles. The van der Waals surface area contributed by atoms with Crippen LogP contribution in [0.3, 0.4) is 0 Å². The lowest BCUT2D eigenvalue weighted by Crippen LogP contribution is -2.25. The monoisotopic (exact) mass is 551 g/mol. The van der Waals surface area contributed by atoms with Gasteiger partial charge in [-0.2, -0.15) is 8.78 Å². The predicted octanol–water partition coefficient (Wildman–Crippen LogP) is 10.4. The lowest BCUT2D eigenvalue weighted by atomic mass is 9.96. The number of benzene rings is 3. The summed E-state index contributed by atoms with van der Waals surface area (Å²) in [4.78, 5) is 0. The Morgan fingerprint density at radius 3 is 1.95 bits per heavy atom. The molecular weight excluding hydrogens is 518 g/mol. The molecule has 3 aromatic rings. The van der Waals surface area contributed by atoms with E-state index < -0.39 is 51.8 Å². The minimum absolute atomic E-state index is 0.0185. The van der Waals surface area contributed by atoms with E-state index in [4.69, 9.17) is 0 Å². The standard InChI is InChI=1S/C31H33F6O2/c1-3-5-7-9-11-20-13-16-22(17-14-20)39-31(36,37)27-24(32)19-25(38)26(30(27)35)23-18-15-21(28(33)29(23)34)12-10-8-6-4-2/h13-19H,3-12H2,1-2H3. The van der Waals surface area contributed by atoms with Crippen LogP contribution < -0.4 is 4.74 Å². The maximum Gasteiger partial charge on any atom is 0.432 e. The third-order valence-corrected chi connectivity index (χ3v) is 6.69. The molecule has 0 atom stereocenters. The summed E-state index contributed by atoms with van der Waals surface area (Å²) < 4.78 is 94.3. The summed E-state index contributed by atoms with van der Waals surface area (Å²) in [6, 6.07) is 7.94. The quantitative estimate of drug-likeness (QED) is 0.145. The van der Waals surface area contributed by atoms with Gasteiger partial charge in [-0.05, 0) is 48.9 Å². The van der Waals surface area contributed by atoms with Crippen LogP contribution in [0.4, 0.5) is 26.3 Å². The first kappa shape index (κ1) is 30.4. The van der Waals surface area contributed by atoms with Gasteiger partial charge in [-0.15, -0.1) is 0 Å². The predicted molar refractivity (Wildman–Crippen MR) is 138 cm³/mol. The second-order valence-electron chi connectivity index (χ2n) is 9.70. The van der Waals surface area contributed by atoms with Crippen molar-refractivity contribution in [3.8, 4) is 22.6 Å². The summed E-state index contributed by atoms with van der Waals surface area (Å²) in [6.45, 7) is 4.09. The molecule has 0 unspecified atom stereocenters. The Kier molecular flexibility index (Phi) is 10.7. The minimum atomic E-state index is -4.55. The van der Waals surface area contributed by atoms with Crippen molar-refractivity contribution >= 4 is 0 Å². The number of hydrogen-bond donors (Lipinski definition) is 0. The number of rotatable bonds is 14. The van der Waals surface area contributed by atoms with Crippen LogP contribution in [0.15, 0.2) is 42.5 Å². The molecule has 0 saturated carbocycles. The summed E-state index contributed by atoms with van der Waals surface area (Å²) >= 11 is 0. The summed E-state index contributed by atoms with van der Waals surface area (Å²) in [6.07, 6.45) is 3.82. The fraction of sp³-hybridized carbons (Fsp3) is 0.419. The van der Waals surface area contributed by atoms with Crippen LogP contribution in [0, 0.1) is 23.3 Å². The molecule has 3 aromatic carbocycles. The van der Waals surface area contributed by atoms with Crippen molar-refractivity contribution in [1.82, 2.24) is 0 Å². The highest BCUT2D eigenvalue weighted by atomic mass is 19.3. The van der Waals surface area contributed by atoms with E-state index in [-0.39, 0.29) is 23.8 Å². The number of hydrogen-bond acceptors (Lipinski definition) is 1. The minimum Gasteiger partial charge on any atom is -0.429 e. The number of alkyl halides is 2. The second kappa shape index (κ2) is 13.8. The molecule has 0 aromatic heterocycles. The van der Waals surface area contributed by atoms with Gasteiger partial charge in [0.15, 0.2) is 23.2 Å². The van der Waals surface area contributed by atoms with Gasteiger partial charge in [0.05, 0.1) is 5.56 Å². The first-order valence-corrected chi connectivity index (χ1v) is 13.4. The van der Waals surface area contributed by atoms with Crippen molar-refractivity contribution in [2.75, 3.05) is 0 Å². The van der Waals surface area contributed by atoms with Crippen LogP contribution in [0.25, 0.3) is 11.1 Å². The smallest absolute Gasteiger partial charge is 0.429 e. The van der Waals surface area contributed by atoms with Gasteiger partial charge in [-0.3, -0.25) is 5.11 Å². The molecular formula is C31H33F6O2. The maximum absolute atomic E-state index is 15.4. The Hall–Kier alpha value is -3.16. The van der Waals surface area contributed by atoms with Crippen molar-refractivity contribution in [1.29, 1.82) is 0 Å². The highest BCUT2D eigenvalue weighted by Crippen LogP contribution is 2.43. The molecule has 0 aliphatic rings. The topological polar surface area (TPSA) is 29.1 Å². The van der Waals surface area contributed by atoms with Gasteiger partial charge >= 0.3 is 6.11 Å². The Balaban J connectivity index is 1.89. The fourth-order valence-electron chi connectivity index (χ4n) is 4.51. The summed E-state index contributed by atoms with van der Waals surface area (Å²) in [5, 5.41) is 12.4. The van der Waals surface area contributed by atoms with Gasteiger partial charge in [-0.1, -0.05) is 76.6 Å². The van der Waals surface area contributed by atoms with Gasteiger partial charge in [0.25, 0.3) is 0 Å². The number of aryl methyl sites for hydroxylation is 2. The summed E-state index contributed by atoms with van der Waals surface area (Å²) in [5.74, 6) is -8.47. The normalized spacial score (nSPS) is 11.7. The van der Waals surface area contributed by atoms with Gasteiger partial charge < -0.3 is 4.74 Å². The number of ether oxygens (including phenoxy) is 1. The second-order valence-corrected chi connectivity index (χ2v) is 9.70. The number of halogens is 6. The van der Waals surface area contributed by atoms with E-state index in [0.29, 0.717) is 6.42 Å². The van der Waals surface area contributed by atoms with E-state index in [9.17, 15) is 18.3 Å². The Bertz CT molecular complexity index is 1240. The molecule has 0 saturated heterocycles. The molecule has 1 radical (unpaired) electrons. The molecule has 3 rings (SSSR count). The van der Waals surface area contributed by atoms with Crippen LogP contribution >= 0.6 is 0 Å². The van der Waals surface area contributed by atoms with E-state index in [1.807, 2.05) is 6.92 Å². The Labute approximate surface area is 225 Å². The van der Waals surface area contributed by atoms with Gasteiger partial charge in [-0.25, -0.2) is 17.6 Å². The zero-order valence-corrected chi connectivity index (χ0v) is 22.2. The molecule has 0 amide bonds. The molecule has 0 spiro atoms. The zero-order valence-electron chi connectivity index (χ0n) is 22.2. The summed E-state index contributed by atoms with van der Waals surface area (Å²) in [7, 11) is 0. The third kappa shape index (κ3) is 7.49. The van der Waals surface area contributed by atoms with Gasteiger partial charge in [0.1, 0.15) is 17.1 Å². The van der Waals surface area contributed by atoms with E-state index in [2.05, 4.69) is 11.7 Å². The molecule has 39 heavy (non-hydrogen) atoms. The van der Waals surface area contributed by atoms with Crippen LogP contribution in [0.5, 0.6) is 11.5 Å². The van der Waals surface area contributed by atoms with Crippen molar-refractivity contribution in [2.45, 2.75) is 84.2 Å². The molecule has 0 heterocycles. The van der Waals surface area contributed by atoms with Crippen molar-refractivity contribution in [3.05, 3.63) is 82.4 Å². The van der Waals surface area contributed by atoms with Crippen molar-refractivity contribution < 1.29 is 36.2 Å². The van der Waals surface area contributed by atoms with E-state index in [0.717, 1.165) is 63.0 Å². The summed E-state index contributed by atoms with van der Waals surface area (Å²) in [5.41, 5.74) is -3.00. The SMILES string of the molecule is CCCCCCc1ccc(OC(F)(F)c2c(F)cc([O])c(-c3ccc(CCCCCC)c(F)c3F)c2F)cc1. The first-order valence-electron chi connectivity index (χ1n) is 13.4. The molecule has 0 fully saturated rings. The molecule has 0 N–H and O–H groups in total. The van der Waals surface area contributed by atoms with Crippen LogP contribution in [0.2, 0.25) is 0 Å². The van der Waals surface area contributed by atoms with Crippen LogP contribution in [-0.4, -0.2) is 0 Å². The van der Waals surface area contributed by atoms with E-state index in [1.54, 1.807) is 12.1 Å². The Morgan fingerprint density at radius 2 is 1.33 bits per heavy atom. The fourth-order valence-corrected chi connectivity index (χ4v) is 4.51. The molecule has 8 heteroatoms. The first-order chi connectivity index (χ1) is 18.6. The zero-order chi connectivity index (χ0) is 28.6. The lowest BCUT2D eigenvalue weighted by Gasteiger charge is -2.21. The average molecular weight is 552 g/mol. The molecule has 0 aliphatic heterocycles. The van der Waals surface area contributed by atoms with Crippen LogP contribution in [0.1, 0.15) is 81.9 Å². The lowest BCUT2D eigenvalue weighted by molar-refractivity contribution is -0.189. The third-order valence-electron chi connectivity index (χ3n) is 6.69. The highest BCUT2D eigenvalue weighted by Gasteiger charge is 2.43. The van der Waals surface area contributed by atoms with E-state index in [1.165, 1.54) is 18.2 Å². The molecule has 2 nitrogen and oxygen atoms in total. The Morgan fingerprint density at radius 1 is 0.718 bits per heavy atom. The number of unbranched alkanes of at least 4 members (excludes halogenated alkanes) is 6. The largest absolute Gasteiger partial charge is 0.432 e. The van der Waals surface area contributed by atoms with Gasteiger partial charge in [0.2, 0.25) is 0 Å².